The number of rotatable bonds is 7. The second kappa shape index (κ2) is 10.3. The number of piperidine rings is 1. The molecule has 2 aliphatic rings. The van der Waals surface area contributed by atoms with Gasteiger partial charge in [-0.1, -0.05) is 12.5 Å². The van der Waals surface area contributed by atoms with Crippen molar-refractivity contribution < 1.29 is 23.1 Å². The van der Waals surface area contributed by atoms with Crippen molar-refractivity contribution >= 4 is 27.5 Å². The van der Waals surface area contributed by atoms with E-state index in [1.54, 1.807) is 24.5 Å². The molecular weight excluding hydrogens is 468 g/mol. The molecule has 3 heterocycles. The van der Waals surface area contributed by atoms with Crippen LogP contribution in [-0.4, -0.2) is 84.6 Å². The third kappa shape index (κ3) is 5.00. The van der Waals surface area contributed by atoms with Crippen LogP contribution in [0.3, 0.4) is 0 Å². The summed E-state index contributed by atoms with van der Waals surface area (Å²) in [5.41, 5.74) is 0.856. The molecule has 1 aromatic carbocycles. The van der Waals surface area contributed by atoms with E-state index in [1.165, 1.54) is 49.7 Å². The van der Waals surface area contributed by atoms with Crippen molar-refractivity contribution in [3.05, 3.63) is 65.5 Å². The van der Waals surface area contributed by atoms with Crippen LogP contribution in [0.25, 0.3) is 5.76 Å². The van der Waals surface area contributed by atoms with Gasteiger partial charge in [-0.25, -0.2) is 12.7 Å². The fraction of sp³-hybridized carbons (Fsp3) is 0.400. The molecule has 2 fully saturated rings. The molecule has 1 amide bonds. The smallest absolute Gasteiger partial charge is 0.295 e. The number of sulfonamides is 1. The number of carbonyl (C=O) groups is 2. The predicted octanol–water partition coefficient (Wildman–Crippen LogP) is 2.24. The molecule has 4 rings (SSSR count). The van der Waals surface area contributed by atoms with Gasteiger partial charge in [-0.15, -0.1) is 0 Å². The topological polar surface area (TPSA) is 111 Å². The minimum Gasteiger partial charge on any atom is -0.507 e. The van der Waals surface area contributed by atoms with Crippen molar-refractivity contribution in [1.29, 1.82) is 0 Å². The molecule has 0 aliphatic carbocycles. The number of aliphatic hydroxyl groups is 1. The number of pyridine rings is 1. The van der Waals surface area contributed by atoms with Crippen molar-refractivity contribution in [3.63, 3.8) is 0 Å². The Kier molecular flexibility index (Phi) is 7.34. The maximum atomic E-state index is 13.1. The van der Waals surface area contributed by atoms with Crippen molar-refractivity contribution in [2.45, 2.75) is 30.2 Å². The number of amides is 1. The highest BCUT2D eigenvalue weighted by Crippen LogP contribution is 2.39. The first-order valence-corrected chi connectivity index (χ1v) is 13.1. The summed E-state index contributed by atoms with van der Waals surface area (Å²) in [5.74, 6) is -1.77. The average molecular weight is 499 g/mol. The molecule has 2 saturated heterocycles. The van der Waals surface area contributed by atoms with Gasteiger partial charge in [-0.2, -0.15) is 0 Å². The normalized spacial score (nSPS) is 21.1. The van der Waals surface area contributed by atoms with E-state index >= 15 is 0 Å². The van der Waals surface area contributed by atoms with Gasteiger partial charge in [0.25, 0.3) is 11.7 Å². The highest BCUT2D eigenvalue weighted by atomic mass is 32.2. The van der Waals surface area contributed by atoms with Gasteiger partial charge >= 0.3 is 0 Å². The van der Waals surface area contributed by atoms with E-state index in [-0.39, 0.29) is 21.8 Å². The first-order chi connectivity index (χ1) is 16.7. The summed E-state index contributed by atoms with van der Waals surface area (Å²) in [7, 11) is -0.779. The van der Waals surface area contributed by atoms with Crippen LogP contribution in [0.5, 0.6) is 0 Å². The maximum absolute atomic E-state index is 13.1. The van der Waals surface area contributed by atoms with Crippen molar-refractivity contribution in [3.8, 4) is 0 Å². The van der Waals surface area contributed by atoms with Gasteiger partial charge in [-0.05, 0) is 61.8 Å². The van der Waals surface area contributed by atoms with E-state index in [4.69, 9.17) is 0 Å². The SMILES string of the molecule is CN(C)S(=O)(=O)c1ccc(/C(O)=C2\C(=O)C(=O)N(CCN3CCCCC3)C2c2cccnc2)cc1. The second-order valence-corrected chi connectivity index (χ2v) is 11.1. The molecule has 2 aromatic rings. The zero-order valence-corrected chi connectivity index (χ0v) is 20.7. The fourth-order valence-electron chi connectivity index (χ4n) is 4.58. The molecule has 0 spiro atoms. The zero-order chi connectivity index (χ0) is 25.2. The van der Waals surface area contributed by atoms with Crippen molar-refractivity contribution in [1.82, 2.24) is 19.1 Å². The van der Waals surface area contributed by atoms with E-state index in [0.29, 0.717) is 18.7 Å². The van der Waals surface area contributed by atoms with E-state index in [1.807, 2.05) is 0 Å². The first-order valence-electron chi connectivity index (χ1n) is 11.7. The van der Waals surface area contributed by atoms with E-state index in [2.05, 4.69) is 9.88 Å². The Morgan fingerprint density at radius 3 is 2.34 bits per heavy atom. The summed E-state index contributed by atoms with van der Waals surface area (Å²) in [6, 6.07) is 8.34. The number of hydrogen-bond donors (Lipinski definition) is 1. The van der Waals surface area contributed by atoms with Gasteiger partial charge in [0.1, 0.15) is 5.76 Å². The van der Waals surface area contributed by atoms with Crippen LogP contribution in [0.2, 0.25) is 0 Å². The lowest BCUT2D eigenvalue weighted by Gasteiger charge is -2.30. The third-order valence-electron chi connectivity index (χ3n) is 6.55. The van der Waals surface area contributed by atoms with Crippen LogP contribution in [0.15, 0.2) is 59.3 Å². The molecular formula is C25H30N4O5S. The molecule has 1 atom stereocenters. The maximum Gasteiger partial charge on any atom is 0.295 e. The lowest BCUT2D eigenvalue weighted by Crippen LogP contribution is -2.40. The van der Waals surface area contributed by atoms with Gasteiger partial charge in [0.15, 0.2) is 0 Å². The molecule has 9 nitrogen and oxygen atoms in total. The van der Waals surface area contributed by atoms with Crippen molar-refractivity contribution in [2.24, 2.45) is 0 Å². The first kappa shape index (κ1) is 25.0. The average Bonchev–Trinajstić information content (AvgIpc) is 3.13. The highest BCUT2D eigenvalue weighted by Gasteiger charge is 2.46. The summed E-state index contributed by atoms with van der Waals surface area (Å²) >= 11 is 0. The largest absolute Gasteiger partial charge is 0.507 e. The Morgan fingerprint density at radius 1 is 1.06 bits per heavy atom. The molecule has 1 unspecified atom stereocenters. The van der Waals surface area contributed by atoms with Crippen molar-refractivity contribution in [2.75, 3.05) is 40.3 Å². The standard InChI is InChI=1S/C25H30N4O5S/c1-27(2)35(33,34)20-10-8-18(9-11-20)23(30)21-22(19-7-6-12-26-17-19)29(25(32)24(21)31)16-15-28-13-4-3-5-14-28/h6-12,17,22,30H,3-5,13-16H2,1-2H3/b23-21+. The quantitative estimate of drug-likeness (QED) is 0.354. The number of ketones is 1. The monoisotopic (exact) mass is 498 g/mol. The summed E-state index contributed by atoms with van der Waals surface area (Å²) in [6.45, 7) is 2.91. The molecule has 0 saturated carbocycles. The molecule has 1 aromatic heterocycles. The molecule has 10 heteroatoms. The lowest BCUT2D eigenvalue weighted by atomic mass is 9.96. The predicted molar refractivity (Wildman–Crippen MR) is 131 cm³/mol. The Balaban J connectivity index is 1.71. The Labute approximate surface area is 205 Å². The summed E-state index contributed by atoms with van der Waals surface area (Å²) < 4.78 is 25.9. The summed E-state index contributed by atoms with van der Waals surface area (Å²) in [5, 5.41) is 11.2. The summed E-state index contributed by atoms with van der Waals surface area (Å²) in [6.07, 6.45) is 6.62. The third-order valence-corrected chi connectivity index (χ3v) is 8.38. The molecule has 35 heavy (non-hydrogen) atoms. The number of Topliss-reactive ketones (excluding diaryl/α,β-unsaturated/α-hetero) is 1. The number of aliphatic hydroxyl groups excluding tert-OH is 1. The van der Waals surface area contributed by atoms with Crippen LogP contribution in [0, 0.1) is 0 Å². The number of carbonyl (C=O) groups excluding carboxylic acids is 2. The number of aromatic nitrogens is 1. The number of benzene rings is 1. The van der Waals surface area contributed by atoms with Crippen LogP contribution in [0.1, 0.15) is 36.4 Å². The Hall–Kier alpha value is -3.08. The Morgan fingerprint density at radius 2 is 1.74 bits per heavy atom. The molecule has 0 bridgehead atoms. The summed E-state index contributed by atoms with van der Waals surface area (Å²) in [4.78, 5) is 34.2. The van der Waals surface area contributed by atoms with Crippen LogP contribution in [-0.2, 0) is 19.6 Å². The minimum atomic E-state index is -3.65. The number of nitrogens with zero attached hydrogens (tertiary/aromatic N) is 4. The molecule has 1 N–H and O–H groups in total. The highest BCUT2D eigenvalue weighted by molar-refractivity contribution is 7.89. The van der Waals surface area contributed by atoms with Gasteiger partial charge in [0, 0.05) is 45.1 Å². The Bertz CT molecular complexity index is 1220. The van der Waals surface area contributed by atoms with Gasteiger partial charge < -0.3 is 14.9 Å². The van der Waals surface area contributed by atoms with Crippen LogP contribution < -0.4 is 0 Å². The van der Waals surface area contributed by atoms with E-state index in [0.717, 1.165) is 30.2 Å². The van der Waals surface area contributed by atoms with Gasteiger partial charge in [0.2, 0.25) is 10.0 Å². The van der Waals surface area contributed by atoms with Gasteiger partial charge in [-0.3, -0.25) is 14.6 Å². The van der Waals surface area contributed by atoms with E-state index in [9.17, 15) is 23.1 Å². The van der Waals surface area contributed by atoms with Gasteiger partial charge in [0.05, 0.1) is 16.5 Å². The van der Waals surface area contributed by atoms with E-state index < -0.39 is 27.8 Å². The zero-order valence-electron chi connectivity index (χ0n) is 19.9. The number of hydrogen-bond acceptors (Lipinski definition) is 7. The minimum absolute atomic E-state index is 0.0233. The molecule has 2 aliphatic heterocycles. The second-order valence-electron chi connectivity index (χ2n) is 8.99. The van der Waals surface area contributed by atoms with Crippen LogP contribution in [0.4, 0.5) is 0 Å². The lowest BCUT2D eigenvalue weighted by molar-refractivity contribution is -0.140. The molecule has 0 radical (unpaired) electrons. The fourth-order valence-corrected chi connectivity index (χ4v) is 5.48. The van der Waals surface area contributed by atoms with Crippen LogP contribution >= 0.6 is 0 Å². The molecule has 186 valence electrons. The number of likely N-dealkylation sites (tertiary alicyclic amines) is 2.